The number of carboxylic acid groups (broad SMARTS) is 1. The lowest BCUT2D eigenvalue weighted by molar-refractivity contribution is 0.0697. The van der Waals surface area contributed by atoms with Crippen LogP contribution in [0.2, 0.25) is 0 Å². The van der Waals surface area contributed by atoms with Gasteiger partial charge in [-0.25, -0.2) is 9.78 Å². The van der Waals surface area contributed by atoms with Gasteiger partial charge in [-0.1, -0.05) is 0 Å². The minimum atomic E-state index is -1.00. The summed E-state index contributed by atoms with van der Waals surface area (Å²) in [6, 6.07) is 3.91. The highest BCUT2D eigenvalue weighted by Crippen LogP contribution is 2.25. The molecule has 21 heavy (non-hydrogen) atoms. The maximum atomic E-state index is 11.4. The lowest BCUT2D eigenvalue weighted by Crippen LogP contribution is -2.13. The normalized spacial score (nSPS) is 10.9. The van der Waals surface area contributed by atoms with Gasteiger partial charge in [0.1, 0.15) is 5.56 Å². The number of nitrogens with one attached hydrogen (secondary N) is 1. The molecule has 108 valence electrons. The van der Waals surface area contributed by atoms with E-state index in [0.29, 0.717) is 23.3 Å². The molecular formula is C14H15N5O2. The Labute approximate surface area is 120 Å². The average molecular weight is 285 g/mol. The number of aromatic carboxylic acids is 1. The van der Waals surface area contributed by atoms with E-state index in [1.165, 1.54) is 6.20 Å². The SMILES string of the molecule is Cn1ncc2c(NCCn3cccc3)c(C(=O)O)cnc21. The number of carboxylic acids is 1. The van der Waals surface area contributed by atoms with Crippen molar-refractivity contribution in [3.8, 4) is 0 Å². The second-order valence-electron chi connectivity index (χ2n) is 4.71. The van der Waals surface area contributed by atoms with Crippen LogP contribution < -0.4 is 5.32 Å². The van der Waals surface area contributed by atoms with E-state index < -0.39 is 5.97 Å². The van der Waals surface area contributed by atoms with Crippen molar-refractivity contribution < 1.29 is 9.90 Å². The molecule has 7 nitrogen and oxygen atoms in total. The zero-order chi connectivity index (χ0) is 14.8. The van der Waals surface area contributed by atoms with Gasteiger partial charge < -0.3 is 15.0 Å². The average Bonchev–Trinajstić information content (AvgIpc) is 3.09. The third kappa shape index (κ3) is 2.45. The summed E-state index contributed by atoms with van der Waals surface area (Å²) in [7, 11) is 1.78. The van der Waals surface area contributed by atoms with Crippen molar-refractivity contribution in [2.45, 2.75) is 6.54 Å². The molecule has 3 rings (SSSR count). The minimum Gasteiger partial charge on any atom is -0.478 e. The maximum absolute atomic E-state index is 11.4. The van der Waals surface area contributed by atoms with Gasteiger partial charge in [-0.2, -0.15) is 5.10 Å². The van der Waals surface area contributed by atoms with Crippen molar-refractivity contribution in [2.75, 3.05) is 11.9 Å². The van der Waals surface area contributed by atoms with Gasteiger partial charge in [0.2, 0.25) is 0 Å². The molecule has 0 saturated carbocycles. The van der Waals surface area contributed by atoms with Gasteiger partial charge in [0.25, 0.3) is 0 Å². The van der Waals surface area contributed by atoms with Crippen molar-refractivity contribution >= 4 is 22.7 Å². The zero-order valence-electron chi connectivity index (χ0n) is 11.5. The summed E-state index contributed by atoms with van der Waals surface area (Å²) < 4.78 is 3.65. The van der Waals surface area contributed by atoms with Gasteiger partial charge in [0.15, 0.2) is 5.65 Å². The Morgan fingerprint density at radius 3 is 2.81 bits per heavy atom. The van der Waals surface area contributed by atoms with Crippen LogP contribution in [0.3, 0.4) is 0 Å². The smallest absolute Gasteiger partial charge is 0.339 e. The molecule has 0 aliphatic rings. The number of aromatic nitrogens is 4. The standard InChI is InChI=1S/C14H15N5O2/c1-18-13-10(9-17-18)12(11(8-16-13)14(20)21)15-4-7-19-5-2-3-6-19/h2-3,5-6,8-9H,4,7H2,1H3,(H,15,16)(H,20,21). The predicted octanol–water partition coefficient (Wildman–Crippen LogP) is 1.58. The summed E-state index contributed by atoms with van der Waals surface area (Å²) in [4.78, 5) is 15.5. The number of hydrogen-bond acceptors (Lipinski definition) is 4. The van der Waals surface area contributed by atoms with Crippen LogP contribution in [-0.2, 0) is 13.6 Å². The van der Waals surface area contributed by atoms with Crippen molar-refractivity contribution in [1.29, 1.82) is 0 Å². The van der Waals surface area contributed by atoms with Crippen LogP contribution in [0, 0.1) is 0 Å². The monoisotopic (exact) mass is 285 g/mol. The number of anilines is 1. The second kappa shape index (κ2) is 5.28. The van der Waals surface area contributed by atoms with Crippen LogP contribution in [0.1, 0.15) is 10.4 Å². The van der Waals surface area contributed by atoms with Gasteiger partial charge in [-0.05, 0) is 12.1 Å². The molecule has 0 fully saturated rings. The highest BCUT2D eigenvalue weighted by molar-refractivity contribution is 6.03. The van der Waals surface area contributed by atoms with E-state index in [0.717, 1.165) is 6.54 Å². The first-order chi connectivity index (χ1) is 10.2. The fraction of sp³-hybridized carbons (Fsp3) is 0.214. The maximum Gasteiger partial charge on any atom is 0.339 e. The summed E-state index contributed by atoms with van der Waals surface area (Å²) in [5.41, 5.74) is 1.37. The number of hydrogen-bond donors (Lipinski definition) is 2. The fourth-order valence-corrected chi connectivity index (χ4v) is 2.28. The van der Waals surface area contributed by atoms with Crippen LogP contribution >= 0.6 is 0 Å². The highest BCUT2D eigenvalue weighted by Gasteiger charge is 2.16. The summed E-state index contributed by atoms with van der Waals surface area (Å²) in [6.07, 6.45) is 6.93. The molecule has 0 atom stereocenters. The summed E-state index contributed by atoms with van der Waals surface area (Å²) >= 11 is 0. The van der Waals surface area contributed by atoms with E-state index in [4.69, 9.17) is 0 Å². The van der Waals surface area contributed by atoms with Crippen LogP contribution in [0.4, 0.5) is 5.69 Å². The molecule has 0 spiro atoms. The molecule has 0 aliphatic heterocycles. The molecule has 0 radical (unpaired) electrons. The topological polar surface area (TPSA) is 85.0 Å². The highest BCUT2D eigenvalue weighted by atomic mass is 16.4. The molecule has 0 aromatic carbocycles. The molecule has 0 aliphatic carbocycles. The molecule has 0 saturated heterocycles. The summed E-state index contributed by atoms with van der Waals surface area (Å²) in [5, 5.41) is 17.3. The van der Waals surface area contributed by atoms with Gasteiger partial charge in [-0.3, -0.25) is 4.68 Å². The van der Waals surface area contributed by atoms with E-state index in [1.807, 2.05) is 29.1 Å². The Balaban J connectivity index is 1.90. The Kier molecular flexibility index (Phi) is 3.31. The van der Waals surface area contributed by atoms with E-state index in [1.54, 1.807) is 17.9 Å². The first-order valence-electron chi connectivity index (χ1n) is 6.55. The molecule has 7 heteroatoms. The first kappa shape index (κ1) is 13.2. The largest absolute Gasteiger partial charge is 0.478 e. The first-order valence-corrected chi connectivity index (χ1v) is 6.55. The van der Waals surface area contributed by atoms with Gasteiger partial charge in [0, 0.05) is 38.7 Å². The second-order valence-corrected chi connectivity index (χ2v) is 4.71. The molecule has 2 N–H and O–H groups in total. The molecule has 0 bridgehead atoms. The van der Waals surface area contributed by atoms with Crippen LogP contribution in [0.5, 0.6) is 0 Å². The lowest BCUT2D eigenvalue weighted by Gasteiger charge is -2.11. The van der Waals surface area contributed by atoms with Crippen molar-refractivity contribution in [3.05, 3.63) is 42.5 Å². The van der Waals surface area contributed by atoms with E-state index in [9.17, 15) is 9.90 Å². The number of nitrogens with zero attached hydrogens (tertiary/aromatic N) is 4. The fourth-order valence-electron chi connectivity index (χ4n) is 2.28. The Morgan fingerprint density at radius 2 is 2.10 bits per heavy atom. The third-order valence-electron chi connectivity index (χ3n) is 3.33. The van der Waals surface area contributed by atoms with Crippen LogP contribution in [0.15, 0.2) is 36.9 Å². The van der Waals surface area contributed by atoms with E-state index in [-0.39, 0.29) is 5.56 Å². The number of aryl methyl sites for hydroxylation is 1. The Bertz CT molecular complexity index is 776. The van der Waals surface area contributed by atoms with Crippen molar-refractivity contribution in [3.63, 3.8) is 0 Å². The number of pyridine rings is 1. The quantitative estimate of drug-likeness (QED) is 0.743. The molecule has 0 unspecified atom stereocenters. The Hall–Kier alpha value is -2.83. The van der Waals surface area contributed by atoms with E-state index >= 15 is 0 Å². The lowest BCUT2D eigenvalue weighted by atomic mass is 10.2. The predicted molar refractivity (Wildman–Crippen MR) is 78.4 cm³/mol. The Morgan fingerprint density at radius 1 is 1.33 bits per heavy atom. The molecular weight excluding hydrogens is 270 g/mol. The van der Waals surface area contributed by atoms with Gasteiger partial charge in [0.05, 0.1) is 17.3 Å². The summed E-state index contributed by atoms with van der Waals surface area (Å²) in [6.45, 7) is 1.36. The minimum absolute atomic E-state index is 0.156. The van der Waals surface area contributed by atoms with Crippen molar-refractivity contribution in [1.82, 2.24) is 19.3 Å². The third-order valence-corrected chi connectivity index (χ3v) is 3.33. The van der Waals surface area contributed by atoms with Gasteiger partial charge >= 0.3 is 5.97 Å². The van der Waals surface area contributed by atoms with E-state index in [2.05, 4.69) is 15.4 Å². The molecule has 3 heterocycles. The van der Waals surface area contributed by atoms with Crippen LogP contribution in [0.25, 0.3) is 11.0 Å². The van der Waals surface area contributed by atoms with Crippen LogP contribution in [-0.4, -0.2) is 37.0 Å². The molecule has 3 aromatic heterocycles. The summed E-state index contributed by atoms with van der Waals surface area (Å²) in [5.74, 6) is -1.00. The molecule has 0 amide bonds. The van der Waals surface area contributed by atoms with Gasteiger partial charge in [-0.15, -0.1) is 0 Å². The molecule has 3 aromatic rings. The van der Waals surface area contributed by atoms with Crippen molar-refractivity contribution in [2.24, 2.45) is 7.05 Å². The zero-order valence-corrected chi connectivity index (χ0v) is 11.5. The number of carbonyl (C=O) groups is 1. The number of rotatable bonds is 5. The number of fused-ring (bicyclic) bond motifs is 1.